The summed E-state index contributed by atoms with van der Waals surface area (Å²) >= 11 is 0. The van der Waals surface area contributed by atoms with Gasteiger partial charge >= 0.3 is 5.97 Å². The Kier molecular flexibility index (Phi) is 2.86. The van der Waals surface area contributed by atoms with E-state index in [1.165, 1.54) is 0 Å². The number of carboxylic acids is 1. The predicted octanol–water partition coefficient (Wildman–Crippen LogP) is 3.49. The highest BCUT2D eigenvalue weighted by Crippen LogP contribution is 2.61. The minimum Gasteiger partial charge on any atom is -0.481 e. The fourth-order valence-corrected chi connectivity index (χ4v) is 2.90. The van der Waals surface area contributed by atoms with E-state index in [9.17, 15) is 9.90 Å². The number of rotatable bonds is 4. The Balaban J connectivity index is 1.86. The van der Waals surface area contributed by atoms with Gasteiger partial charge < -0.3 is 5.11 Å². The summed E-state index contributed by atoms with van der Waals surface area (Å²) in [6.07, 6.45) is 1.35. The van der Waals surface area contributed by atoms with Gasteiger partial charge in [0.2, 0.25) is 0 Å². The molecule has 96 valence electrons. The molecule has 19 heavy (non-hydrogen) atoms. The topological polar surface area (TPSA) is 37.3 Å². The molecule has 1 fully saturated rings. The van der Waals surface area contributed by atoms with Crippen LogP contribution in [-0.4, -0.2) is 11.1 Å². The van der Waals surface area contributed by atoms with Crippen molar-refractivity contribution in [1.82, 2.24) is 0 Å². The average Bonchev–Trinajstić information content (AvgIpc) is 3.17. The molecule has 0 saturated heterocycles. The van der Waals surface area contributed by atoms with Gasteiger partial charge in [-0.3, -0.25) is 4.79 Å². The van der Waals surface area contributed by atoms with E-state index in [4.69, 9.17) is 0 Å². The summed E-state index contributed by atoms with van der Waals surface area (Å²) in [4.78, 5) is 11.7. The predicted molar refractivity (Wildman–Crippen MR) is 74.0 cm³/mol. The number of carboxylic acid groups (broad SMARTS) is 1. The molecule has 2 aromatic carbocycles. The molecule has 2 aromatic rings. The van der Waals surface area contributed by atoms with Crippen LogP contribution in [0.4, 0.5) is 0 Å². The molecule has 2 nitrogen and oxygen atoms in total. The second-order valence-electron chi connectivity index (χ2n) is 5.29. The van der Waals surface area contributed by atoms with E-state index < -0.39 is 11.4 Å². The van der Waals surface area contributed by atoms with Crippen molar-refractivity contribution in [2.45, 2.75) is 18.8 Å². The van der Waals surface area contributed by atoms with Crippen LogP contribution in [0.3, 0.4) is 0 Å². The molecule has 0 amide bonds. The molecule has 1 N–H and O–H groups in total. The number of carbonyl (C=O) groups is 1. The molecule has 0 radical (unpaired) electrons. The van der Waals surface area contributed by atoms with Crippen molar-refractivity contribution in [3.8, 4) is 0 Å². The van der Waals surface area contributed by atoms with Crippen molar-refractivity contribution < 1.29 is 9.90 Å². The number of aliphatic carboxylic acids is 1. The first-order valence-electron chi connectivity index (χ1n) is 6.55. The lowest BCUT2D eigenvalue weighted by Crippen LogP contribution is -2.20. The Morgan fingerprint density at radius 2 is 1.63 bits per heavy atom. The Morgan fingerprint density at radius 1 is 1.05 bits per heavy atom. The Hall–Kier alpha value is -2.09. The number of benzene rings is 2. The molecule has 0 spiro atoms. The van der Waals surface area contributed by atoms with Gasteiger partial charge in [0.1, 0.15) is 0 Å². The van der Waals surface area contributed by atoms with Gasteiger partial charge in [0.25, 0.3) is 0 Å². The van der Waals surface area contributed by atoms with Gasteiger partial charge in [-0.2, -0.15) is 0 Å². The minimum absolute atomic E-state index is 0.145. The van der Waals surface area contributed by atoms with Crippen LogP contribution < -0.4 is 0 Å². The van der Waals surface area contributed by atoms with Crippen molar-refractivity contribution in [3.63, 3.8) is 0 Å². The van der Waals surface area contributed by atoms with Gasteiger partial charge in [0, 0.05) is 5.92 Å². The van der Waals surface area contributed by atoms with Crippen LogP contribution in [0.5, 0.6) is 0 Å². The largest absolute Gasteiger partial charge is 0.481 e. The molecule has 2 heteroatoms. The summed E-state index contributed by atoms with van der Waals surface area (Å²) in [6, 6.07) is 19.9. The zero-order valence-electron chi connectivity index (χ0n) is 10.6. The zero-order valence-corrected chi connectivity index (χ0v) is 10.6. The number of hydrogen-bond donors (Lipinski definition) is 1. The van der Waals surface area contributed by atoms with E-state index in [1.807, 2.05) is 60.7 Å². The van der Waals surface area contributed by atoms with Crippen LogP contribution in [0.2, 0.25) is 0 Å². The first-order valence-corrected chi connectivity index (χ1v) is 6.55. The fraction of sp³-hybridized carbons (Fsp3) is 0.235. The SMILES string of the molecule is O=C(O)C1(Cc2ccccc2)CC1c1ccccc1. The van der Waals surface area contributed by atoms with Gasteiger partial charge in [-0.25, -0.2) is 0 Å². The highest BCUT2D eigenvalue weighted by molar-refractivity contribution is 5.81. The molecule has 0 bridgehead atoms. The van der Waals surface area contributed by atoms with Crippen molar-refractivity contribution in [1.29, 1.82) is 0 Å². The lowest BCUT2D eigenvalue weighted by molar-refractivity contribution is -0.143. The van der Waals surface area contributed by atoms with Gasteiger partial charge in [-0.15, -0.1) is 0 Å². The quantitative estimate of drug-likeness (QED) is 0.904. The standard InChI is InChI=1S/C17H16O2/c18-16(19)17(11-13-7-3-1-4-8-13)12-15(17)14-9-5-2-6-10-14/h1-10,15H,11-12H2,(H,18,19). The molecule has 0 heterocycles. The molecule has 3 rings (SSSR count). The molecule has 1 aliphatic carbocycles. The molecule has 1 aliphatic rings. The van der Waals surface area contributed by atoms with E-state index in [2.05, 4.69) is 0 Å². The lowest BCUT2D eigenvalue weighted by Gasteiger charge is -2.12. The summed E-state index contributed by atoms with van der Waals surface area (Å²) < 4.78 is 0. The van der Waals surface area contributed by atoms with Gasteiger partial charge in [-0.05, 0) is 24.0 Å². The van der Waals surface area contributed by atoms with Crippen molar-refractivity contribution in [2.75, 3.05) is 0 Å². The van der Waals surface area contributed by atoms with Crippen LogP contribution >= 0.6 is 0 Å². The molecular weight excluding hydrogens is 236 g/mol. The summed E-state index contributed by atoms with van der Waals surface area (Å²) in [7, 11) is 0. The third-order valence-corrected chi connectivity index (χ3v) is 4.07. The molecule has 2 atom stereocenters. The second-order valence-corrected chi connectivity index (χ2v) is 5.29. The lowest BCUT2D eigenvalue weighted by atomic mass is 9.91. The van der Waals surface area contributed by atoms with Gasteiger partial charge in [0.15, 0.2) is 0 Å². The van der Waals surface area contributed by atoms with Crippen LogP contribution in [0, 0.1) is 5.41 Å². The second kappa shape index (κ2) is 4.54. The van der Waals surface area contributed by atoms with E-state index in [0.29, 0.717) is 6.42 Å². The zero-order chi connectivity index (χ0) is 13.3. The Labute approximate surface area is 112 Å². The summed E-state index contributed by atoms with van der Waals surface area (Å²) in [5.41, 5.74) is 1.63. The monoisotopic (exact) mass is 252 g/mol. The van der Waals surface area contributed by atoms with Crippen LogP contribution in [-0.2, 0) is 11.2 Å². The average molecular weight is 252 g/mol. The molecule has 0 aromatic heterocycles. The smallest absolute Gasteiger partial charge is 0.310 e. The summed E-state index contributed by atoms with van der Waals surface area (Å²) in [5.74, 6) is -0.531. The maximum absolute atomic E-state index is 11.7. The molecule has 1 saturated carbocycles. The van der Waals surface area contributed by atoms with Crippen LogP contribution in [0.1, 0.15) is 23.5 Å². The van der Waals surface area contributed by atoms with Gasteiger partial charge in [0.05, 0.1) is 5.41 Å². The van der Waals surface area contributed by atoms with Gasteiger partial charge in [-0.1, -0.05) is 60.7 Å². The third-order valence-electron chi connectivity index (χ3n) is 4.07. The Morgan fingerprint density at radius 3 is 2.21 bits per heavy atom. The van der Waals surface area contributed by atoms with E-state index in [0.717, 1.165) is 17.5 Å². The van der Waals surface area contributed by atoms with Crippen molar-refractivity contribution >= 4 is 5.97 Å². The summed E-state index contributed by atoms with van der Waals surface area (Å²) in [6.45, 7) is 0. The molecular formula is C17H16O2. The fourth-order valence-electron chi connectivity index (χ4n) is 2.90. The van der Waals surface area contributed by atoms with Crippen molar-refractivity contribution in [3.05, 3.63) is 71.8 Å². The normalized spacial score (nSPS) is 24.9. The molecule has 2 unspecified atom stereocenters. The first kappa shape index (κ1) is 12.0. The highest BCUT2D eigenvalue weighted by atomic mass is 16.4. The maximum atomic E-state index is 11.7. The van der Waals surface area contributed by atoms with Crippen LogP contribution in [0.15, 0.2) is 60.7 Å². The third kappa shape index (κ3) is 2.14. The number of hydrogen-bond acceptors (Lipinski definition) is 1. The minimum atomic E-state index is -0.676. The first-order chi connectivity index (χ1) is 9.22. The van der Waals surface area contributed by atoms with Crippen molar-refractivity contribution in [2.24, 2.45) is 5.41 Å². The Bertz CT molecular complexity index is 577. The highest BCUT2D eigenvalue weighted by Gasteiger charge is 2.60. The van der Waals surface area contributed by atoms with Crippen LogP contribution in [0.25, 0.3) is 0 Å². The van der Waals surface area contributed by atoms with E-state index >= 15 is 0 Å². The van der Waals surface area contributed by atoms with E-state index in [1.54, 1.807) is 0 Å². The summed E-state index contributed by atoms with van der Waals surface area (Å²) in [5, 5.41) is 9.60. The molecule has 0 aliphatic heterocycles. The van der Waals surface area contributed by atoms with E-state index in [-0.39, 0.29) is 5.92 Å². The maximum Gasteiger partial charge on any atom is 0.310 e.